The van der Waals surface area contributed by atoms with Crippen LogP contribution >= 0.6 is 24.8 Å². The Hall–Kier alpha value is -0.350. The van der Waals surface area contributed by atoms with E-state index in [1.54, 1.807) is 0 Å². The average molecular weight is 332 g/mol. The average Bonchev–Trinajstić information content (AvgIpc) is 2.51. The lowest BCUT2D eigenvalue weighted by molar-refractivity contribution is 0.103. The SMILES string of the molecule is Cl.Cl.c1cncc(C(C2CCCCC2)N2CCNCC2)c1. The molecule has 1 unspecified atom stereocenters. The van der Waals surface area contributed by atoms with Crippen LogP contribution in [0, 0.1) is 5.92 Å². The Morgan fingerprint density at radius 1 is 1.10 bits per heavy atom. The molecule has 3 nitrogen and oxygen atoms in total. The van der Waals surface area contributed by atoms with E-state index in [2.05, 4.69) is 33.5 Å². The highest BCUT2D eigenvalue weighted by atomic mass is 35.5. The van der Waals surface area contributed by atoms with E-state index in [-0.39, 0.29) is 24.8 Å². The zero-order valence-electron chi connectivity index (χ0n) is 12.5. The second kappa shape index (κ2) is 9.62. The molecular formula is C16H27Cl2N3. The molecule has 0 radical (unpaired) electrons. The van der Waals surface area contributed by atoms with Gasteiger partial charge in [-0.3, -0.25) is 9.88 Å². The second-order valence-corrected chi connectivity index (χ2v) is 5.92. The van der Waals surface area contributed by atoms with Crippen LogP contribution < -0.4 is 5.32 Å². The fourth-order valence-corrected chi connectivity index (χ4v) is 3.74. The van der Waals surface area contributed by atoms with Crippen LogP contribution in [0.1, 0.15) is 43.7 Å². The minimum atomic E-state index is 0. The first-order valence-electron chi connectivity index (χ1n) is 7.80. The monoisotopic (exact) mass is 331 g/mol. The molecule has 1 aromatic heterocycles. The van der Waals surface area contributed by atoms with E-state index < -0.39 is 0 Å². The molecule has 1 aromatic rings. The molecule has 21 heavy (non-hydrogen) atoms. The summed E-state index contributed by atoms with van der Waals surface area (Å²) in [6, 6.07) is 4.96. The molecule has 120 valence electrons. The Morgan fingerprint density at radius 3 is 2.43 bits per heavy atom. The maximum atomic E-state index is 4.35. The summed E-state index contributed by atoms with van der Waals surface area (Å²) in [7, 11) is 0. The third-order valence-electron chi connectivity index (χ3n) is 4.67. The predicted octanol–water partition coefficient (Wildman–Crippen LogP) is 3.45. The summed E-state index contributed by atoms with van der Waals surface area (Å²) < 4.78 is 0. The summed E-state index contributed by atoms with van der Waals surface area (Å²) in [6.45, 7) is 4.61. The highest BCUT2D eigenvalue weighted by Gasteiger charge is 2.30. The Balaban J connectivity index is 0.00000110. The predicted molar refractivity (Wildman–Crippen MR) is 92.5 cm³/mol. The van der Waals surface area contributed by atoms with Crippen LogP contribution in [0.5, 0.6) is 0 Å². The zero-order valence-corrected chi connectivity index (χ0v) is 14.2. The zero-order chi connectivity index (χ0) is 12.9. The number of nitrogens with one attached hydrogen (secondary N) is 1. The van der Waals surface area contributed by atoms with Gasteiger partial charge in [-0.1, -0.05) is 25.3 Å². The van der Waals surface area contributed by atoms with Crippen LogP contribution in [0.25, 0.3) is 0 Å². The molecule has 0 amide bonds. The number of hydrogen-bond acceptors (Lipinski definition) is 3. The number of halogens is 2. The minimum Gasteiger partial charge on any atom is -0.314 e. The topological polar surface area (TPSA) is 28.2 Å². The fourth-order valence-electron chi connectivity index (χ4n) is 3.74. The first-order valence-corrected chi connectivity index (χ1v) is 7.80. The molecule has 1 saturated carbocycles. The molecule has 1 atom stereocenters. The van der Waals surface area contributed by atoms with E-state index in [4.69, 9.17) is 0 Å². The summed E-state index contributed by atoms with van der Waals surface area (Å²) in [6.07, 6.45) is 11.0. The van der Waals surface area contributed by atoms with Gasteiger partial charge in [0.05, 0.1) is 0 Å². The van der Waals surface area contributed by atoms with Crippen LogP contribution in [0.3, 0.4) is 0 Å². The summed E-state index contributed by atoms with van der Waals surface area (Å²) in [5.74, 6) is 0.830. The third kappa shape index (κ3) is 4.82. The van der Waals surface area contributed by atoms with E-state index in [9.17, 15) is 0 Å². The number of piperazine rings is 1. The van der Waals surface area contributed by atoms with Crippen molar-refractivity contribution >= 4 is 24.8 Å². The highest BCUT2D eigenvalue weighted by Crippen LogP contribution is 2.38. The Morgan fingerprint density at radius 2 is 1.81 bits per heavy atom. The van der Waals surface area contributed by atoms with Gasteiger partial charge in [0, 0.05) is 44.6 Å². The lowest BCUT2D eigenvalue weighted by Crippen LogP contribution is -2.47. The van der Waals surface area contributed by atoms with Crippen molar-refractivity contribution in [2.24, 2.45) is 5.92 Å². The molecule has 5 heteroatoms. The van der Waals surface area contributed by atoms with Crippen molar-refractivity contribution < 1.29 is 0 Å². The largest absolute Gasteiger partial charge is 0.314 e. The van der Waals surface area contributed by atoms with Gasteiger partial charge >= 0.3 is 0 Å². The Labute approximate surface area is 140 Å². The maximum Gasteiger partial charge on any atom is 0.0392 e. The molecule has 0 bridgehead atoms. The highest BCUT2D eigenvalue weighted by molar-refractivity contribution is 5.85. The fraction of sp³-hybridized carbons (Fsp3) is 0.688. The van der Waals surface area contributed by atoms with Crippen molar-refractivity contribution in [3.63, 3.8) is 0 Å². The normalized spacial score (nSPS) is 21.9. The maximum absolute atomic E-state index is 4.35. The molecular weight excluding hydrogens is 305 g/mol. The summed E-state index contributed by atoms with van der Waals surface area (Å²) in [5.41, 5.74) is 1.43. The molecule has 2 heterocycles. The lowest BCUT2D eigenvalue weighted by atomic mass is 9.80. The van der Waals surface area contributed by atoms with Crippen molar-refractivity contribution in [3.8, 4) is 0 Å². The van der Waals surface area contributed by atoms with Gasteiger partial charge in [0.15, 0.2) is 0 Å². The number of aromatic nitrogens is 1. The molecule has 0 aromatic carbocycles. The van der Waals surface area contributed by atoms with Crippen LogP contribution in [-0.2, 0) is 0 Å². The smallest absolute Gasteiger partial charge is 0.0392 e. The van der Waals surface area contributed by atoms with Crippen molar-refractivity contribution in [3.05, 3.63) is 30.1 Å². The van der Waals surface area contributed by atoms with Crippen LogP contribution in [0.4, 0.5) is 0 Å². The van der Waals surface area contributed by atoms with Gasteiger partial charge in [0.2, 0.25) is 0 Å². The van der Waals surface area contributed by atoms with E-state index in [1.165, 1.54) is 50.8 Å². The van der Waals surface area contributed by atoms with Gasteiger partial charge in [-0.2, -0.15) is 0 Å². The van der Waals surface area contributed by atoms with Crippen molar-refractivity contribution in [2.45, 2.75) is 38.1 Å². The number of hydrogen-bond donors (Lipinski definition) is 1. The minimum absolute atomic E-state index is 0. The van der Waals surface area contributed by atoms with E-state index in [0.29, 0.717) is 6.04 Å². The molecule has 1 N–H and O–H groups in total. The lowest BCUT2D eigenvalue weighted by Gasteiger charge is -2.41. The molecule has 0 spiro atoms. The van der Waals surface area contributed by atoms with Gasteiger partial charge in [0.1, 0.15) is 0 Å². The summed E-state index contributed by atoms with van der Waals surface area (Å²) in [4.78, 5) is 7.04. The number of nitrogens with zero attached hydrogens (tertiary/aromatic N) is 2. The molecule has 1 aliphatic carbocycles. The number of pyridine rings is 1. The Kier molecular flexibility index (Phi) is 8.57. The molecule has 1 aliphatic heterocycles. The van der Waals surface area contributed by atoms with Crippen molar-refractivity contribution in [1.29, 1.82) is 0 Å². The van der Waals surface area contributed by atoms with Crippen LogP contribution in [0.2, 0.25) is 0 Å². The van der Waals surface area contributed by atoms with Crippen molar-refractivity contribution in [1.82, 2.24) is 15.2 Å². The van der Waals surface area contributed by atoms with Gasteiger partial charge in [-0.25, -0.2) is 0 Å². The van der Waals surface area contributed by atoms with E-state index in [0.717, 1.165) is 19.0 Å². The number of rotatable bonds is 3. The molecule has 1 saturated heterocycles. The quantitative estimate of drug-likeness (QED) is 0.919. The van der Waals surface area contributed by atoms with Crippen LogP contribution in [0.15, 0.2) is 24.5 Å². The Bertz CT molecular complexity index is 358. The first kappa shape index (κ1) is 18.7. The van der Waals surface area contributed by atoms with Gasteiger partial charge in [-0.05, 0) is 30.4 Å². The van der Waals surface area contributed by atoms with Gasteiger partial charge < -0.3 is 5.32 Å². The summed E-state index contributed by atoms with van der Waals surface area (Å²) >= 11 is 0. The summed E-state index contributed by atoms with van der Waals surface area (Å²) in [5, 5.41) is 3.47. The van der Waals surface area contributed by atoms with Gasteiger partial charge in [-0.15, -0.1) is 24.8 Å². The third-order valence-corrected chi connectivity index (χ3v) is 4.67. The molecule has 2 aliphatic rings. The van der Waals surface area contributed by atoms with Crippen LogP contribution in [-0.4, -0.2) is 36.1 Å². The van der Waals surface area contributed by atoms with Gasteiger partial charge in [0.25, 0.3) is 0 Å². The van der Waals surface area contributed by atoms with Crippen molar-refractivity contribution in [2.75, 3.05) is 26.2 Å². The standard InChI is InChI=1S/C16H25N3.2ClH/c1-2-5-14(6-3-1)16(15-7-4-8-18-13-15)19-11-9-17-10-12-19;;/h4,7-8,13-14,16-17H,1-3,5-6,9-12H2;2*1H. The van der Waals surface area contributed by atoms with E-state index in [1.807, 2.05) is 6.20 Å². The molecule has 2 fully saturated rings. The first-order chi connectivity index (χ1) is 9.45. The van der Waals surface area contributed by atoms with E-state index >= 15 is 0 Å². The second-order valence-electron chi connectivity index (χ2n) is 5.92. The molecule has 3 rings (SSSR count).